The third-order valence-electron chi connectivity index (χ3n) is 9.88. The molecule has 0 saturated carbocycles. The number of ether oxygens (including phenoxy) is 1. The van der Waals surface area contributed by atoms with Crippen LogP contribution in [0.25, 0.3) is 0 Å². The molecule has 0 aliphatic carbocycles. The Kier molecular flexibility index (Phi) is 13.2. The molecule has 2 aliphatic rings. The van der Waals surface area contributed by atoms with Gasteiger partial charge in [0.15, 0.2) is 0 Å². The Morgan fingerprint density at radius 1 is 0.521 bits per heavy atom. The molecule has 0 amide bonds. The van der Waals surface area contributed by atoms with Crippen LogP contribution in [-0.2, 0) is 10.3 Å². The largest absolute Gasteiger partial charge is 0.367 e. The lowest BCUT2D eigenvalue weighted by Crippen LogP contribution is -2.48. The topological polar surface area (TPSA) is 33.3 Å². The van der Waals surface area contributed by atoms with Gasteiger partial charge in [0.25, 0.3) is 0 Å². The van der Waals surface area contributed by atoms with Crippen molar-refractivity contribution in [2.24, 2.45) is 0 Å². The van der Waals surface area contributed by atoms with E-state index in [1.54, 1.807) is 0 Å². The summed E-state index contributed by atoms with van der Waals surface area (Å²) in [6.07, 6.45) is 4.89. The second-order valence-electron chi connectivity index (χ2n) is 14.4. The average molecular weight is 647 g/mol. The van der Waals surface area contributed by atoms with E-state index in [2.05, 4.69) is 139 Å². The van der Waals surface area contributed by atoms with Gasteiger partial charge in [-0.1, -0.05) is 131 Å². The van der Waals surface area contributed by atoms with Gasteiger partial charge in [0.05, 0.1) is 0 Å². The summed E-state index contributed by atoms with van der Waals surface area (Å²) in [4.78, 5) is 0. The molecule has 2 aliphatic heterocycles. The van der Waals surface area contributed by atoms with Crippen LogP contribution in [0.3, 0.4) is 0 Å². The average Bonchev–Trinajstić information content (AvgIpc) is 3.74. The number of nitrogens with one attached hydrogen (secondary N) is 2. The zero-order valence-electron chi connectivity index (χ0n) is 31.8. The smallest absolute Gasteiger partial charge is 0.133 e. The zero-order valence-corrected chi connectivity index (χ0v) is 31.8. The summed E-state index contributed by atoms with van der Waals surface area (Å²) in [6.45, 7) is 23.7. The number of methoxy groups -OCH3 is 1. The fourth-order valence-corrected chi connectivity index (χ4v) is 8.39. The summed E-state index contributed by atoms with van der Waals surface area (Å²) in [7, 11) is 1.86. The molecule has 2 heterocycles. The third kappa shape index (κ3) is 8.86. The van der Waals surface area contributed by atoms with Gasteiger partial charge in [0, 0.05) is 25.1 Å². The fraction of sp³-hybridized carbons (Fsp3) is 0.467. The van der Waals surface area contributed by atoms with E-state index >= 15 is 0 Å². The molecule has 4 aromatic rings. The summed E-state index contributed by atoms with van der Waals surface area (Å²) < 4.78 is 6.35. The van der Waals surface area contributed by atoms with E-state index in [0.29, 0.717) is 18.0 Å². The molecule has 1 unspecified atom stereocenters. The molecule has 0 radical (unpaired) electrons. The van der Waals surface area contributed by atoms with E-state index in [-0.39, 0.29) is 0 Å². The van der Waals surface area contributed by atoms with Crippen LogP contribution in [0.5, 0.6) is 0 Å². The lowest BCUT2D eigenvalue weighted by atomic mass is 9.77. The van der Waals surface area contributed by atoms with Crippen LogP contribution < -0.4 is 10.6 Å². The van der Waals surface area contributed by atoms with Crippen LogP contribution in [0.15, 0.2) is 72.8 Å². The molecule has 2 saturated heterocycles. The maximum absolute atomic E-state index is 6.35. The van der Waals surface area contributed by atoms with E-state index in [0.717, 1.165) is 19.5 Å². The van der Waals surface area contributed by atoms with Crippen LogP contribution in [0.4, 0.5) is 0 Å². The minimum absolute atomic E-state index is 0.296. The summed E-state index contributed by atoms with van der Waals surface area (Å²) in [5.74, 6) is 0.458. The summed E-state index contributed by atoms with van der Waals surface area (Å²) in [5, 5.41) is 7.43. The molecule has 258 valence electrons. The predicted molar refractivity (Wildman–Crippen MR) is 207 cm³/mol. The number of aryl methyl sites for hydroxylation is 8. The Bertz CT molecular complexity index is 1460. The van der Waals surface area contributed by atoms with Crippen LogP contribution in [0.1, 0.15) is 112 Å². The number of hydrogen-bond donors (Lipinski definition) is 2. The first-order valence-electron chi connectivity index (χ1n) is 18.3. The van der Waals surface area contributed by atoms with E-state index < -0.39 is 5.60 Å². The van der Waals surface area contributed by atoms with E-state index in [9.17, 15) is 0 Å². The van der Waals surface area contributed by atoms with Gasteiger partial charge in [-0.2, -0.15) is 0 Å². The first-order valence-corrected chi connectivity index (χ1v) is 18.3. The molecule has 3 nitrogen and oxygen atoms in total. The van der Waals surface area contributed by atoms with Crippen molar-refractivity contribution in [1.82, 2.24) is 10.6 Å². The number of rotatable bonds is 7. The second-order valence-corrected chi connectivity index (χ2v) is 14.4. The van der Waals surface area contributed by atoms with Gasteiger partial charge in [-0.05, 0) is 116 Å². The lowest BCUT2D eigenvalue weighted by molar-refractivity contribution is -0.00643. The highest BCUT2D eigenvalue weighted by atomic mass is 16.5. The molecule has 0 aromatic heterocycles. The summed E-state index contributed by atoms with van der Waals surface area (Å²) >= 11 is 0. The highest BCUT2D eigenvalue weighted by Crippen LogP contribution is 2.41. The normalized spacial score (nSPS) is 17.5. The van der Waals surface area contributed by atoms with Gasteiger partial charge < -0.3 is 15.4 Å². The molecule has 48 heavy (non-hydrogen) atoms. The number of hydrogen-bond acceptors (Lipinski definition) is 3. The van der Waals surface area contributed by atoms with Crippen molar-refractivity contribution in [3.8, 4) is 0 Å². The monoisotopic (exact) mass is 646 g/mol. The van der Waals surface area contributed by atoms with Crippen LogP contribution in [0.2, 0.25) is 0 Å². The van der Waals surface area contributed by atoms with Gasteiger partial charge in [-0.25, -0.2) is 0 Å². The highest BCUT2D eigenvalue weighted by molar-refractivity contribution is 5.45. The van der Waals surface area contributed by atoms with Crippen LogP contribution >= 0.6 is 0 Å². The summed E-state index contributed by atoms with van der Waals surface area (Å²) in [6, 6.07) is 28.5. The van der Waals surface area contributed by atoms with Crippen molar-refractivity contribution in [2.45, 2.75) is 119 Å². The molecule has 3 heteroatoms. The van der Waals surface area contributed by atoms with Crippen molar-refractivity contribution in [3.05, 3.63) is 140 Å². The molecule has 0 bridgehead atoms. The van der Waals surface area contributed by atoms with Crippen LogP contribution in [-0.4, -0.2) is 32.3 Å². The molecule has 2 N–H and O–H groups in total. The molecule has 2 atom stereocenters. The maximum Gasteiger partial charge on any atom is 0.133 e. The maximum atomic E-state index is 6.35. The quantitative estimate of drug-likeness (QED) is 0.210. The predicted octanol–water partition coefficient (Wildman–Crippen LogP) is 10.4. The molecular weight excluding hydrogens is 585 g/mol. The summed E-state index contributed by atoms with van der Waals surface area (Å²) in [5.41, 5.74) is 15.6. The van der Waals surface area contributed by atoms with E-state index in [1.165, 1.54) is 86.0 Å². The molecular formula is C45H62N2O. The molecule has 6 rings (SSSR count). The standard InChI is InChI=1S/C22H29NO.C21H27N.C2H6/c1-15-9-16(2)12-19(11-15)22(24-5,21-7-6-8-23-21)20-13-17(3)10-18(4)14-20;1-14-8-15(2)11-18(10-14)21(20-6-5-7-22-20)19-12-16(3)9-17(4)13-19;1-2/h9-14,21,23H,6-8H2,1-5H3;8-13,20-22H,5-7H2,1-4H3;1-2H3/t21-;;/m0../s1. The molecule has 0 spiro atoms. The minimum atomic E-state index is -0.440. The second kappa shape index (κ2) is 16.9. The minimum Gasteiger partial charge on any atom is -0.367 e. The lowest BCUT2D eigenvalue weighted by Gasteiger charge is -2.40. The Balaban J connectivity index is 0.000000207. The van der Waals surface area contributed by atoms with Crippen molar-refractivity contribution in [1.29, 1.82) is 0 Å². The van der Waals surface area contributed by atoms with Gasteiger partial charge >= 0.3 is 0 Å². The Hall–Kier alpha value is -3.24. The van der Waals surface area contributed by atoms with E-state index in [1.807, 2.05) is 21.0 Å². The highest BCUT2D eigenvalue weighted by Gasteiger charge is 2.44. The van der Waals surface area contributed by atoms with Crippen molar-refractivity contribution in [2.75, 3.05) is 20.2 Å². The van der Waals surface area contributed by atoms with Gasteiger partial charge in [-0.15, -0.1) is 0 Å². The first kappa shape index (κ1) is 37.6. The van der Waals surface area contributed by atoms with Crippen molar-refractivity contribution < 1.29 is 4.74 Å². The van der Waals surface area contributed by atoms with Crippen molar-refractivity contribution >= 4 is 0 Å². The van der Waals surface area contributed by atoms with Crippen LogP contribution in [0, 0.1) is 55.4 Å². The van der Waals surface area contributed by atoms with Gasteiger partial charge in [0.1, 0.15) is 5.60 Å². The Morgan fingerprint density at radius 2 is 0.875 bits per heavy atom. The third-order valence-corrected chi connectivity index (χ3v) is 9.88. The van der Waals surface area contributed by atoms with E-state index in [4.69, 9.17) is 4.74 Å². The molecule has 4 aromatic carbocycles. The number of benzene rings is 4. The SMILES string of the molecule is CC.COC(c1cc(C)cc(C)c1)(c1cc(C)cc(C)c1)[C@@H]1CCCN1.Cc1cc(C)cc(C(c2cc(C)cc(C)c2)C2CCCN2)c1. The van der Waals surface area contributed by atoms with Gasteiger partial charge in [-0.3, -0.25) is 0 Å². The molecule has 2 fully saturated rings. The van der Waals surface area contributed by atoms with Crippen molar-refractivity contribution in [3.63, 3.8) is 0 Å². The Morgan fingerprint density at radius 3 is 1.19 bits per heavy atom. The first-order chi connectivity index (χ1) is 23.0. The fourth-order valence-electron chi connectivity index (χ4n) is 8.39. The Labute approximate surface area is 292 Å². The van der Waals surface area contributed by atoms with Gasteiger partial charge in [0.2, 0.25) is 0 Å². The zero-order chi connectivity index (χ0) is 35.0.